The second kappa shape index (κ2) is 5.12. The Morgan fingerprint density at radius 3 is 2.62 bits per heavy atom. The van der Waals surface area contributed by atoms with E-state index >= 15 is 0 Å². The number of phenolic OH excluding ortho intramolecular Hbond substituents is 1. The lowest BCUT2D eigenvalue weighted by Crippen LogP contribution is -2.22. The number of Topliss-reactive ketones (excluding diaryl/α,β-unsaturated/α-hetero) is 1. The minimum absolute atomic E-state index is 0.0324. The lowest BCUT2D eigenvalue weighted by atomic mass is 10.1. The van der Waals surface area contributed by atoms with Crippen molar-refractivity contribution >= 4 is 5.78 Å². The van der Waals surface area contributed by atoms with Crippen molar-refractivity contribution < 1.29 is 9.90 Å². The summed E-state index contributed by atoms with van der Waals surface area (Å²) in [5.74, 6) is 0.124. The molecule has 0 aliphatic carbocycles. The predicted octanol–water partition coefficient (Wildman–Crippen LogP) is 2.06. The molecule has 0 amide bonds. The van der Waals surface area contributed by atoms with Crippen molar-refractivity contribution in [1.82, 2.24) is 4.90 Å². The summed E-state index contributed by atoms with van der Waals surface area (Å²) in [4.78, 5) is 14.1. The SMILES string of the molecule is O=C(CCN1CCCC1)c1ccccc1O. The number of ketones is 1. The summed E-state index contributed by atoms with van der Waals surface area (Å²) in [5, 5.41) is 9.54. The van der Waals surface area contributed by atoms with E-state index in [4.69, 9.17) is 0 Å². The van der Waals surface area contributed by atoms with E-state index in [1.807, 2.05) is 0 Å². The largest absolute Gasteiger partial charge is 0.507 e. The molecule has 0 saturated carbocycles. The van der Waals surface area contributed by atoms with Gasteiger partial charge in [0.25, 0.3) is 0 Å². The van der Waals surface area contributed by atoms with Crippen molar-refractivity contribution in [2.75, 3.05) is 19.6 Å². The van der Waals surface area contributed by atoms with Crippen LogP contribution in [0.4, 0.5) is 0 Å². The molecule has 1 N–H and O–H groups in total. The van der Waals surface area contributed by atoms with Crippen LogP contribution in [0.2, 0.25) is 0 Å². The third kappa shape index (κ3) is 2.61. The Morgan fingerprint density at radius 2 is 1.94 bits per heavy atom. The van der Waals surface area contributed by atoms with E-state index < -0.39 is 0 Å². The number of carbonyl (C=O) groups excluding carboxylic acids is 1. The van der Waals surface area contributed by atoms with Gasteiger partial charge in [0.05, 0.1) is 5.56 Å². The smallest absolute Gasteiger partial charge is 0.167 e. The molecule has 16 heavy (non-hydrogen) atoms. The highest BCUT2D eigenvalue weighted by Crippen LogP contribution is 2.18. The molecule has 0 spiro atoms. The lowest BCUT2D eigenvalue weighted by molar-refractivity contribution is 0.0966. The Balaban J connectivity index is 1.90. The fourth-order valence-electron chi connectivity index (χ4n) is 2.11. The number of likely N-dealkylation sites (tertiary alicyclic amines) is 1. The van der Waals surface area contributed by atoms with Gasteiger partial charge in [-0.1, -0.05) is 12.1 Å². The first-order chi connectivity index (χ1) is 7.77. The zero-order valence-corrected chi connectivity index (χ0v) is 9.35. The first kappa shape index (κ1) is 11.1. The normalized spacial score (nSPS) is 16.5. The maximum absolute atomic E-state index is 11.8. The van der Waals surface area contributed by atoms with Crippen molar-refractivity contribution in [2.24, 2.45) is 0 Å². The highest BCUT2D eigenvalue weighted by Gasteiger charge is 2.15. The Kier molecular flexibility index (Phi) is 3.57. The van der Waals surface area contributed by atoms with E-state index in [-0.39, 0.29) is 11.5 Å². The van der Waals surface area contributed by atoms with Crippen LogP contribution >= 0.6 is 0 Å². The minimum atomic E-state index is 0.0324. The van der Waals surface area contributed by atoms with Gasteiger partial charge in [-0.3, -0.25) is 4.79 Å². The van der Waals surface area contributed by atoms with Crippen LogP contribution in [0.3, 0.4) is 0 Å². The zero-order chi connectivity index (χ0) is 11.4. The molecular weight excluding hydrogens is 202 g/mol. The molecule has 0 unspecified atom stereocenters. The van der Waals surface area contributed by atoms with Crippen molar-refractivity contribution in [3.8, 4) is 5.75 Å². The number of carbonyl (C=O) groups is 1. The summed E-state index contributed by atoms with van der Waals surface area (Å²) in [6.07, 6.45) is 2.98. The van der Waals surface area contributed by atoms with Gasteiger partial charge in [-0.15, -0.1) is 0 Å². The number of benzene rings is 1. The van der Waals surface area contributed by atoms with E-state index in [9.17, 15) is 9.90 Å². The number of hydrogen-bond donors (Lipinski definition) is 1. The molecule has 1 aromatic carbocycles. The third-order valence-electron chi connectivity index (χ3n) is 3.06. The third-order valence-corrected chi connectivity index (χ3v) is 3.06. The molecule has 1 aliphatic rings. The molecule has 1 saturated heterocycles. The number of nitrogens with zero attached hydrogens (tertiary/aromatic N) is 1. The Hall–Kier alpha value is -1.35. The number of para-hydroxylation sites is 1. The fourth-order valence-corrected chi connectivity index (χ4v) is 2.11. The van der Waals surface area contributed by atoms with Gasteiger partial charge in [0.2, 0.25) is 0 Å². The van der Waals surface area contributed by atoms with Crippen LogP contribution in [0, 0.1) is 0 Å². The van der Waals surface area contributed by atoms with Gasteiger partial charge in [-0.25, -0.2) is 0 Å². The molecule has 0 bridgehead atoms. The molecule has 0 aromatic heterocycles. The van der Waals surface area contributed by atoms with Gasteiger partial charge in [-0.05, 0) is 38.1 Å². The minimum Gasteiger partial charge on any atom is -0.507 e. The van der Waals surface area contributed by atoms with Gasteiger partial charge in [0, 0.05) is 13.0 Å². The summed E-state index contributed by atoms with van der Waals surface area (Å²) in [6.45, 7) is 3.02. The average Bonchev–Trinajstić information content (AvgIpc) is 2.79. The van der Waals surface area contributed by atoms with Crippen molar-refractivity contribution in [3.05, 3.63) is 29.8 Å². The maximum atomic E-state index is 11.8. The summed E-state index contributed by atoms with van der Waals surface area (Å²) in [7, 11) is 0. The van der Waals surface area contributed by atoms with E-state index in [0.717, 1.165) is 19.6 Å². The fraction of sp³-hybridized carbons (Fsp3) is 0.462. The van der Waals surface area contributed by atoms with Gasteiger partial charge >= 0.3 is 0 Å². The molecule has 1 aromatic rings. The van der Waals surface area contributed by atoms with Crippen LogP contribution in [0.15, 0.2) is 24.3 Å². The molecule has 0 atom stereocenters. The lowest BCUT2D eigenvalue weighted by Gasteiger charge is -2.13. The van der Waals surface area contributed by atoms with Gasteiger partial charge < -0.3 is 10.0 Å². The highest BCUT2D eigenvalue weighted by atomic mass is 16.3. The van der Waals surface area contributed by atoms with Crippen LogP contribution in [0.25, 0.3) is 0 Å². The maximum Gasteiger partial charge on any atom is 0.167 e. The second-order valence-corrected chi connectivity index (χ2v) is 4.24. The van der Waals surface area contributed by atoms with Crippen LogP contribution < -0.4 is 0 Å². The van der Waals surface area contributed by atoms with Gasteiger partial charge in [-0.2, -0.15) is 0 Å². The second-order valence-electron chi connectivity index (χ2n) is 4.24. The van der Waals surface area contributed by atoms with Crippen LogP contribution in [0.1, 0.15) is 29.6 Å². The standard InChI is InChI=1S/C13H17NO2/c15-12-6-2-1-5-11(12)13(16)7-10-14-8-3-4-9-14/h1-2,5-6,15H,3-4,7-10H2. The van der Waals surface area contributed by atoms with Crippen LogP contribution in [-0.4, -0.2) is 35.4 Å². The number of rotatable bonds is 4. The van der Waals surface area contributed by atoms with Crippen LogP contribution in [-0.2, 0) is 0 Å². The summed E-state index contributed by atoms with van der Waals surface area (Å²) in [6, 6.07) is 6.75. The molecule has 3 nitrogen and oxygen atoms in total. The van der Waals surface area contributed by atoms with Crippen molar-refractivity contribution in [2.45, 2.75) is 19.3 Å². The molecular formula is C13H17NO2. The van der Waals surface area contributed by atoms with Gasteiger partial charge in [0.15, 0.2) is 5.78 Å². The van der Waals surface area contributed by atoms with Crippen molar-refractivity contribution in [3.63, 3.8) is 0 Å². The first-order valence-electron chi connectivity index (χ1n) is 5.81. The highest BCUT2D eigenvalue weighted by molar-refractivity contribution is 5.98. The first-order valence-corrected chi connectivity index (χ1v) is 5.81. The number of hydrogen-bond acceptors (Lipinski definition) is 3. The molecule has 3 heteroatoms. The van der Waals surface area contributed by atoms with E-state index in [1.165, 1.54) is 12.8 Å². The van der Waals surface area contributed by atoms with E-state index in [0.29, 0.717) is 12.0 Å². The molecule has 1 aliphatic heterocycles. The van der Waals surface area contributed by atoms with E-state index in [2.05, 4.69) is 4.90 Å². The average molecular weight is 219 g/mol. The predicted molar refractivity (Wildman–Crippen MR) is 62.7 cm³/mol. The molecule has 0 radical (unpaired) electrons. The zero-order valence-electron chi connectivity index (χ0n) is 9.35. The molecule has 86 valence electrons. The van der Waals surface area contributed by atoms with Crippen LogP contribution in [0.5, 0.6) is 5.75 Å². The molecule has 1 heterocycles. The molecule has 1 fully saturated rings. The Labute approximate surface area is 95.7 Å². The van der Waals surface area contributed by atoms with E-state index in [1.54, 1.807) is 24.3 Å². The summed E-state index contributed by atoms with van der Waals surface area (Å²) < 4.78 is 0. The topological polar surface area (TPSA) is 40.5 Å². The Bertz CT molecular complexity index is 370. The number of phenols is 1. The summed E-state index contributed by atoms with van der Waals surface area (Å²) >= 11 is 0. The van der Waals surface area contributed by atoms with Crippen molar-refractivity contribution in [1.29, 1.82) is 0 Å². The monoisotopic (exact) mass is 219 g/mol. The molecule has 2 rings (SSSR count). The Morgan fingerprint density at radius 1 is 1.25 bits per heavy atom. The quantitative estimate of drug-likeness (QED) is 0.788. The van der Waals surface area contributed by atoms with Gasteiger partial charge in [0.1, 0.15) is 5.75 Å². The summed E-state index contributed by atoms with van der Waals surface area (Å²) in [5.41, 5.74) is 0.446. The number of aromatic hydroxyl groups is 1.